The van der Waals surface area contributed by atoms with Crippen molar-refractivity contribution in [3.05, 3.63) is 29.8 Å². The molecule has 0 aromatic heterocycles. The Bertz CT molecular complexity index is 498. The topological polar surface area (TPSA) is 64.4 Å². The zero-order chi connectivity index (χ0) is 16.8. The highest BCUT2D eigenvalue weighted by atomic mass is 35.5. The first-order valence-electron chi connectivity index (χ1n) is 7.10. The first-order valence-corrected chi connectivity index (χ1v) is 7.10. The number of benzene rings is 1. The third-order valence-electron chi connectivity index (χ3n) is 3.01. The minimum Gasteiger partial charge on any atom is -0.491 e. The predicted octanol–water partition coefficient (Wildman–Crippen LogP) is 3.14. The van der Waals surface area contributed by atoms with Crippen LogP contribution in [0.1, 0.15) is 32.3 Å². The van der Waals surface area contributed by atoms with Crippen LogP contribution in [0.15, 0.2) is 24.3 Å². The second kappa shape index (κ2) is 9.62. The fourth-order valence-corrected chi connectivity index (χ4v) is 1.88. The van der Waals surface area contributed by atoms with Gasteiger partial charge in [-0.15, -0.1) is 12.4 Å². The van der Waals surface area contributed by atoms with Crippen molar-refractivity contribution in [3.63, 3.8) is 0 Å². The normalized spacial score (nSPS) is 13.7. The summed E-state index contributed by atoms with van der Waals surface area (Å²) in [5.74, 6) is -0.587. The van der Waals surface area contributed by atoms with Crippen molar-refractivity contribution in [2.75, 3.05) is 6.61 Å². The molecule has 1 aromatic rings. The van der Waals surface area contributed by atoms with Crippen LogP contribution in [0.25, 0.3) is 0 Å². The van der Waals surface area contributed by atoms with E-state index in [1.165, 1.54) is 18.2 Å². The summed E-state index contributed by atoms with van der Waals surface area (Å²) in [5, 5.41) is 2.62. The van der Waals surface area contributed by atoms with E-state index >= 15 is 0 Å². The maximum absolute atomic E-state index is 12.8. The van der Waals surface area contributed by atoms with E-state index in [4.69, 9.17) is 10.5 Å². The van der Waals surface area contributed by atoms with Crippen molar-refractivity contribution in [2.45, 2.75) is 44.9 Å². The van der Waals surface area contributed by atoms with E-state index in [2.05, 4.69) is 5.32 Å². The quantitative estimate of drug-likeness (QED) is 0.790. The SMILES string of the molecule is CCCC(N)C(=O)NC(C)COc1ccccc1C(F)(F)F.Cl. The van der Waals surface area contributed by atoms with Gasteiger partial charge in [0.2, 0.25) is 5.91 Å². The van der Waals surface area contributed by atoms with Crippen molar-refractivity contribution in [1.29, 1.82) is 0 Å². The Kier molecular flexibility index (Phi) is 9.01. The van der Waals surface area contributed by atoms with Crippen LogP contribution in [-0.2, 0) is 11.0 Å². The van der Waals surface area contributed by atoms with Gasteiger partial charge in [-0.2, -0.15) is 13.2 Å². The highest BCUT2D eigenvalue weighted by Crippen LogP contribution is 2.35. The zero-order valence-corrected chi connectivity index (χ0v) is 13.8. The number of ether oxygens (including phenoxy) is 1. The van der Waals surface area contributed by atoms with Gasteiger partial charge in [0.05, 0.1) is 17.6 Å². The molecule has 3 N–H and O–H groups in total. The molecule has 0 saturated carbocycles. The predicted molar refractivity (Wildman–Crippen MR) is 84.7 cm³/mol. The molecule has 2 atom stereocenters. The van der Waals surface area contributed by atoms with Crippen LogP contribution in [0.3, 0.4) is 0 Å². The smallest absolute Gasteiger partial charge is 0.419 e. The molecule has 132 valence electrons. The molecule has 0 saturated heterocycles. The largest absolute Gasteiger partial charge is 0.491 e. The summed E-state index contributed by atoms with van der Waals surface area (Å²) in [5.41, 5.74) is 4.83. The van der Waals surface area contributed by atoms with E-state index in [0.29, 0.717) is 6.42 Å². The van der Waals surface area contributed by atoms with Crippen LogP contribution in [-0.4, -0.2) is 24.6 Å². The summed E-state index contributed by atoms with van der Waals surface area (Å²) in [7, 11) is 0. The number of carbonyl (C=O) groups excluding carboxylic acids is 1. The summed E-state index contributed by atoms with van der Waals surface area (Å²) < 4.78 is 43.6. The summed E-state index contributed by atoms with van der Waals surface area (Å²) in [6.45, 7) is 3.48. The van der Waals surface area contributed by atoms with Gasteiger partial charge < -0.3 is 15.8 Å². The van der Waals surface area contributed by atoms with Crippen LogP contribution in [0.5, 0.6) is 5.75 Å². The van der Waals surface area contributed by atoms with Gasteiger partial charge in [-0.25, -0.2) is 0 Å². The van der Waals surface area contributed by atoms with Gasteiger partial charge in [-0.05, 0) is 25.5 Å². The van der Waals surface area contributed by atoms with Gasteiger partial charge in [0, 0.05) is 0 Å². The third-order valence-corrected chi connectivity index (χ3v) is 3.01. The lowest BCUT2D eigenvalue weighted by molar-refractivity contribution is -0.139. The molecule has 4 nitrogen and oxygen atoms in total. The number of nitrogens with two attached hydrogens (primary N) is 1. The Morgan fingerprint density at radius 1 is 1.35 bits per heavy atom. The molecule has 0 aliphatic carbocycles. The lowest BCUT2D eigenvalue weighted by Gasteiger charge is -2.19. The molecule has 2 unspecified atom stereocenters. The standard InChI is InChI=1S/C15H21F3N2O2.ClH/c1-3-6-12(19)14(21)20-10(2)9-22-13-8-5-4-7-11(13)15(16,17)18;/h4-5,7-8,10,12H,3,6,9,19H2,1-2H3,(H,20,21);1H. The van der Waals surface area contributed by atoms with E-state index in [9.17, 15) is 18.0 Å². The molecule has 8 heteroatoms. The van der Waals surface area contributed by atoms with Crippen molar-refractivity contribution < 1.29 is 22.7 Å². The summed E-state index contributed by atoms with van der Waals surface area (Å²) >= 11 is 0. The van der Waals surface area contributed by atoms with Crippen LogP contribution < -0.4 is 15.8 Å². The minimum atomic E-state index is -4.48. The number of hydrogen-bond donors (Lipinski definition) is 2. The Balaban J connectivity index is 0.00000484. The number of alkyl halides is 3. The number of hydrogen-bond acceptors (Lipinski definition) is 3. The van der Waals surface area contributed by atoms with Gasteiger partial charge in [-0.3, -0.25) is 4.79 Å². The third kappa shape index (κ3) is 7.09. The average Bonchev–Trinajstić information content (AvgIpc) is 2.44. The second-order valence-corrected chi connectivity index (χ2v) is 5.11. The van der Waals surface area contributed by atoms with Gasteiger partial charge in [-0.1, -0.05) is 25.5 Å². The molecule has 0 aliphatic rings. The van der Waals surface area contributed by atoms with Crippen LogP contribution >= 0.6 is 12.4 Å². The number of carbonyl (C=O) groups is 1. The van der Waals surface area contributed by atoms with Crippen molar-refractivity contribution >= 4 is 18.3 Å². The minimum absolute atomic E-state index is 0. The molecular formula is C15H22ClF3N2O2. The maximum Gasteiger partial charge on any atom is 0.419 e. The van der Waals surface area contributed by atoms with E-state index in [1.807, 2.05) is 6.92 Å². The molecule has 0 heterocycles. The van der Waals surface area contributed by atoms with E-state index in [-0.39, 0.29) is 30.7 Å². The summed E-state index contributed by atoms with van der Waals surface area (Å²) in [4.78, 5) is 11.7. The summed E-state index contributed by atoms with van der Waals surface area (Å²) in [6, 6.07) is 3.90. The monoisotopic (exact) mass is 354 g/mol. The average molecular weight is 355 g/mol. The van der Waals surface area contributed by atoms with E-state index in [1.54, 1.807) is 6.92 Å². The zero-order valence-electron chi connectivity index (χ0n) is 13.0. The van der Waals surface area contributed by atoms with Crippen molar-refractivity contribution in [1.82, 2.24) is 5.32 Å². The Morgan fingerprint density at radius 3 is 2.52 bits per heavy atom. The van der Waals surface area contributed by atoms with E-state index < -0.39 is 23.8 Å². The van der Waals surface area contributed by atoms with Crippen molar-refractivity contribution in [3.8, 4) is 5.75 Å². The fourth-order valence-electron chi connectivity index (χ4n) is 1.88. The molecule has 1 amide bonds. The number of halogens is 4. The molecule has 1 rings (SSSR count). The number of para-hydroxylation sites is 1. The highest BCUT2D eigenvalue weighted by Gasteiger charge is 2.34. The maximum atomic E-state index is 12.8. The number of amides is 1. The molecule has 23 heavy (non-hydrogen) atoms. The first kappa shape index (κ1) is 21.5. The second-order valence-electron chi connectivity index (χ2n) is 5.11. The van der Waals surface area contributed by atoms with Crippen LogP contribution in [0.2, 0.25) is 0 Å². The Labute approximate surface area is 140 Å². The Morgan fingerprint density at radius 2 is 1.96 bits per heavy atom. The molecule has 0 fully saturated rings. The lowest BCUT2D eigenvalue weighted by atomic mass is 10.1. The highest BCUT2D eigenvalue weighted by molar-refractivity contribution is 5.85. The molecule has 0 aliphatic heterocycles. The molecule has 1 aromatic carbocycles. The van der Waals surface area contributed by atoms with Gasteiger partial charge in [0.1, 0.15) is 12.4 Å². The molecular weight excluding hydrogens is 333 g/mol. The van der Waals surface area contributed by atoms with Gasteiger partial charge >= 0.3 is 6.18 Å². The number of rotatable bonds is 7. The lowest BCUT2D eigenvalue weighted by Crippen LogP contribution is -2.46. The Hall–Kier alpha value is -1.47. The fraction of sp³-hybridized carbons (Fsp3) is 0.533. The van der Waals surface area contributed by atoms with Crippen LogP contribution in [0.4, 0.5) is 13.2 Å². The first-order chi connectivity index (χ1) is 10.3. The summed E-state index contributed by atoms with van der Waals surface area (Å²) in [6.07, 6.45) is -3.15. The van der Waals surface area contributed by atoms with Gasteiger partial charge in [0.15, 0.2) is 0 Å². The molecule has 0 radical (unpaired) electrons. The van der Waals surface area contributed by atoms with Gasteiger partial charge in [0.25, 0.3) is 0 Å². The van der Waals surface area contributed by atoms with Crippen molar-refractivity contribution in [2.24, 2.45) is 5.73 Å². The van der Waals surface area contributed by atoms with Crippen LogP contribution in [0, 0.1) is 0 Å². The molecule has 0 spiro atoms. The van der Waals surface area contributed by atoms with E-state index in [0.717, 1.165) is 12.5 Å². The molecule has 0 bridgehead atoms. The number of nitrogens with one attached hydrogen (secondary N) is 1.